The molecule has 2 unspecified atom stereocenters. The summed E-state index contributed by atoms with van der Waals surface area (Å²) in [7, 11) is 1.75. The Balaban J connectivity index is 3.76. The lowest BCUT2D eigenvalue weighted by Crippen LogP contribution is -2.37. The lowest BCUT2D eigenvalue weighted by molar-refractivity contribution is 0.0392. The van der Waals surface area contributed by atoms with Gasteiger partial charge in [-0.15, -0.1) is 0 Å². The molecule has 3 heteroatoms. The minimum Gasteiger partial charge on any atom is -0.382 e. The molecule has 1 N–H and O–H groups in total. The maximum Gasteiger partial charge on any atom is 0.0624 e. The molecular formula is C11H25NO2. The standard InChI is InChI=1S/C11H25NO2/c1-6-12-11(7-10(4)13-5)8-14-9(2)3/h9-12H,6-8H2,1-5H3. The fourth-order valence-electron chi connectivity index (χ4n) is 1.30. The summed E-state index contributed by atoms with van der Waals surface area (Å²) < 4.78 is 10.8. The summed E-state index contributed by atoms with van der Waals surface area (Å²) in [5, 5.41) is 3.40. The smallest absolute Gasteiger partial charge is 0.0624 e. The Morgan fingerprint density at radius 2 is 1.86 bits per heavy atom. The summed E-state index contributed by atoms with van der Waals surface area (Å²) >= 11 is 0. The van der Waals surface area contributed by atoms with Crippen molar-refractivity contribution in [3.63, 3.8) is 0 Å². The fraction of sp³-hybridized carbons (Fsp3) is 1.00. The van der Waals surface area contributed by atoms with E-state index in [-0.39, 0.29) is 6.10 Å². The van der Waals surface area contributed by atoms with E-state index in [4.69, 9.17) is 9.47 Å². The van der Waals surface area contributed by atoms with Crippen LogP contribution in [-0.4, -0.2) is 38.5 Å². The second-order valence-corrected chi connectivity index (χ2v) is 3.92. The highest BCUT2D eigenvalue weighted by Gasteiger charge is 2.12. The Hall–Kier alpha value is -0.120. The molecule has 86 valence electrons. The number of hydrogen-bond acceptors (Lipinski definition) is 3. The molecule has 3 nitrogen and oxygen atoms in total. The Morgan fingerprint density at radius 1 is 1.21 bits per heavy atom. The molecule has 0 fully saturated rings. The third kappa shape index (κ3) is 7.30. The molecule has 0 rings (SSSR count). The molecule has 0 saturated carbocycles. The van der Waals surface area contributed by atoms with Gasteiger partial charge in [-0.2, -0.15) is 0 Å². The maximum absolute atomic E-state index is 5.58. The summed E-state index contributed by atoms with van der Waals surface area (Å²) in [5.74, 6) is 0. The van der Waals surface area contributed by atoms with Crippen LogP contribution in [0.5, 0.6) is 0 Å². The molecule has 0 spiro atoms. The average molecular weight is 203 g/mol. The highest BCUT2D eigenvalue weighted by molar-refractivity contribution is 4.69. The molecule has 0 aliphatic carbocycles. The first-order valence-corrected chi connectivity index (χ1v) is 5.47. The van der Waals surface area contributed by atoms with Crippen LogP contribution in [-0.2, 0) is 9.47 Å². The molecule has 0 amide bonds. The van der Waals surface area contributed by atoms with Crippen molar-refractivity contribution in [3.8, 4) is 0 Å². The van der Waals surface area contributed by atoms with Crippen molar-refractivity contribution >= 4 is 0 Å². The van der Waals surface area contributed by atoms with Gasteiger partial charge in [-0.05, 0) is 33.7 Å². The van der Waals surface area contributed by atoms with Crippen LogP contribution in [0, 0.1) is 0 Å². The summed E-state index contributed by atoms with van der Waals surface area (Å²) in [5.41, 5.74) is 0. The van der Waals surface area contributed by atoms with Crippen LogP contribution in [0.1, 0.15) is 34.1 Å². The molecule has 0 aromatic heterocycles. The molecule has 0 heterocycles. The van der Waals surface area contributed by atoms with Crippen molar-refractivity contribution in [3.05, 3.63) is 0 Å². The van der Waals surface area contributed by atoms with Gasteiger partial charge in [-0.1, -0.05) is 6.92 Å². The lowest BCUT2D eigenvalue weighted by atomic mass is 10.1. The Kier molecular flexibility index (Phi) is 8.14. The van der Waals surface area contributed by atoms with Crippen molar-refractivity contribution < 1.29 is 9.47 Å². The van der Waals surface area contributed by atoms with E-state index < -0.39 is 0 Å². The maximum atomic E-state index is 5.58. The minimum atomic E-state index is 0.287. The van der Waals surface area contributed by atoms with Gasteiger partial charge in [0.15, 0.2) is 0 Å². The van der Waals surface area contributed by atoms with Crippen molar-refractivity contribution in [2.45, 2.75) is 52.4 Å². The number of methoxy groups -OCH3 is 1. The number of rotatable bonds is 8. The van der Waals surface area contributed by atoms with Gasteiger partial charge in [-0.25, -0.2) is 0 Å². The second-order valence-electron chi connectivity index (χ2n) is 3.92. The van der Waals surface area contributed by atoms with Gasteiger partial charge >= 0.3 is 0 Å². The summed E-state index contributed by atoms with van der Waals surface area (Å²) in [4.78, 5) is 0. The summed E-state index contributed by atoms with van der Waals surface area (Å²) in [6.45, 7) is 10.0. The molecule has 0 radical (unpaired) electrons. The van der Waals surface area contributed by atoms with Gasteiger partial charge in [-0.3, -0.25) is 0 Å². The van der Waals surface area contributed by atoms with Crippen LogP contribution in [0.15, 0.2) is 0 Å². The zero-order chi connectivity index (χ0) is 11.0. The zero-order valence-corrected chi connectivity index (χ0v) is 10.2. The highest BCUT2D eigenvalue weighted by Crippen LogP contribution is 2.03. The molecule has 0 aliphatic rings. The van der Waals surface area contributed by atoms with Crippen molar-refractivity contribution in [2.24, 2.45) is 0 Å². The van der Waals surface area contributed by atoms with Gasteiger partial charge in [0.1, 0.15) is 0 Å². The first kappa shape index (κ1) is 13.9. The van der Waals surface area contributed by atoms with E-state index in [1.807, 2.05) is 0 Å². The van der Waals surface area contributed by atoms with E-state index in [0.717, 1.165) is 19.6 Å². The van der Waals surface area contributed by atoms with E-state index in [1.165, 1.54) is 0 Å². The molecular weight excluding hydrogens is 178 g/mol. The lowest BCUT2D eigenvalue weighted by Gasteiger charge is -2.22. The number of ether oxygens (including phenoxy) is 2. The molecule has 0 aliphatic heterocycles. The summed E-state index contributed by atoms with van der Waals surface area (Å²) in [6, 6.07) is 0.400. The normalized spacial score (nSPS) is 15.9. The molecule has 14 heavy (non-hydrogen) atoms. The Labute approximate surface area is 88.2 Å². The predicted molar refractivity (Wildman–Crippen MR) is 59.6 cm³/mol. The van der Waals surface area contributed by atoms with Crippen molar-refractivity contribution in [1.82, 2.24) is 5.32 Å². The topological polar surface area (TPSA) is 30.5 Å². The third-order valence-electron chi connectivity index (χ3n) is 2.14. The van der Waals surface area contributed by atoms with Gasteiger partial charge in [0, 0.05) is 13.2 Å². The Bertz CT molecular complexity index is 128. The monoisotopic (exact) mass is 203 g/mol. The molecule has 0 aromatic carbocycles. The number of nitrogens with one attached hydrogen (secondary N) is 1. The summed E-state index contributed by atoms with van der Waals surface area (Å²) in [6.07, 6.45) is 1.58. The van der Waals surface area contributed by atoms with Gasteiger partial charge < -0.3 is 14.8 Å². The largest absolute Gasteiger partial charge is 0.382 e. The number of likely N-dealkylation sites (N-methyl/N-ethyl adjacent to an activating group) is 1. The van der Waals surface area contributed by atoms with Gasteiger partial charge in [0.25, 0.3) is 0 Å². The first-order valence-electron chi connectivity index (χ1n) is 5.47. The van der Waals surface area contributed by atoms with Crippen LogP contribution < -0.4 is 5.32 Å². The van der Waals surface area contributed by atoms with E-state index in [9.17, 15) is 0 Å². The zero-order valence-electron chi connectivity index (χ0n) is 10.2. The highest BCUT2D eigenvalue weighted by atomic mass is 16.5. The number of hydrogen-bond donors (Lipinski definition) is 1. The fourth-order valence-corrected chi connectivity index (χ4v) is 1.30. The quantitative estimate of drug-likeness (QED) is 0.652. The average Bonchev–Trinajstić information content (AvgIpc) is 2.14. The van der Waals surface area contributed by atoms with E-state index in [1.54, 1.807) is 7.11 Å². The van der Waals surface area contributed by atoms with E-state index in [2.05, 4.69) is 33.0 Å². The molecule has 0 saturated heterocycles. The predicted octanol–water partition coefficient (Wildman–Crippen LogP) is 1.81. The van der Waals surface area contributed by atoms with Crippen LogP contribution in [0.25, 0.3) is 0 Å². The molecule has 0 aromatic rings. The second kappa shape index (κ2) is 8.21. The van der Waals surface area contributed by atoms with Crippen LogP contribution in [0.4, 0.5) is 0 Å². The van der Waals surface area contributed by atoms with Crippen LogP contribution >= 0.6 is 0 Å². The third-order valence-corrected chi connectivity index (χ3v) is 2.14. The van der Waals surface area contributed by atoms with Gasteiger partial charge in [0.05, 0.1) is 18.8 Å². The van der Waals surface area contributed by atoms with E-state index >= 15 is 0 Å². The van der Waals surface area contributed by atoms with E-state index in [0.29, 0.717) is 12.1 Å². The van der Waals surface area contributed by atoms with Crippen LogP contribution in [0.3, 0.4) is 0 Å². The van der Waals surface area contributed by atoms with Crippen molar-refractivity contribution in [1.29, 1.82) is 0 Å². The van der Waals surface area contributed by atoms with Gasteiger partial charge in [0.2, 0.25) is 0 Å². The first-order chi connectivity index (χ1) is 6.60. The Morgan fingerprint density at radius 3 is 2.29 bits per heavy atom. The minimum absolute atomic E-state index is 0.287. The van der Waals surface area contributed by atoms with Crippen molar-refractivity contribution in [2.75, 3.05) is 20.3 Å². The van der Waals surface area contributed by atoms with Crippen LogP contribution in [0.2, 0.25) is 0 Å². The SMILES string of the molecule is CCNC(COC(C)C)CC(C)OC. The molecule has 2 atom stereocenters. The molecule has 0 bridgehead atoms.